The number of benzene rings is 1. The molecule has 344 valence electrons. The third kappa shape index (κ3) is 10.1. The zero-order valence-corrected chi connectivity index (χ0v) is 37.9. The number of esters is 1. The molecule has 2 bridgehead atoms. The number of nitrogens with one attached hydrogen (secondary N) is 3. The minimum Gasteiger partial charge on any atom is -0.458 e. The number of hydrogen-bond donors (Lipinski definition) is 5. The predicted molar refractivity (Wildman–Crippen MR) is 231 cm³/mol. The monoisotopic (exact) mass is 868 g/mol. The molecule has 6 N–H and O–H groups in total. The van der Waals surface area contributed by atoms with E-state index in [0.717, 1.165) is 22.2 Å². The summed E-state index contributed by atoms with van der Waals surface area (Å²) in [6.07, 6.45) is -2.71. The molecular formula is C45H68N6O11. The van der Waals surface area contributed by atoms with Crippen molar-refractivity contribution in [1.82, 2.24) is 25.5 Å². The number of aromatic nitrogens is 2. The number of anilines is 1. The molecule has 0 saturated carbocycles. The summed E-state index contributed by atoms with van der Waals surface area (Å²) in [5.41, 5.74) is 7.23. The van der Waals surface area contributed by atoms with Gasteiger partial charge in [-0.1, -0.05) is 45.9 Å². The molecule has 4 aliphatic heterocycles. The molecule has 17 nitrogen and oxygen atoms in total. The van der Waals surface area contributed by atoms with Crippen LogP contribution in [0.15, 0.2) is 42.0 Å². The first kappa shape index (κ1) is 47.2. The van der Waals surface area contributed by atoms with E-state index in [0.29, 0.717) is 30.8 Å². The van der Waals surface area contributed by atoms with Gasteiger partial charge in [0, 0.05) is 24.4 Å². The maximum Gasteiger partial charge on any atom is 0.408 e. The van der Waals surface area contributed by atoms with Gasteiger partial charge in [0.05, 0.1) is 60.1 Å². The van der Waals surface area contributed by atoms with E-state index >= 15 is 0 Å². The lowest BCUT2D eigenvalue weighted by molar-refractivity contribution is -0.302. The number of aromatic amines is 1. The lowest BCUT2D eigenvalue weighted by Crippen LogP contribution is -2.60. The molecule has 0 aliphatic carbocycles. The fourth-order valence-electron chi connectivity index (χ4n) is 10.1. The maximum absolute atomic E-state index is 14.4. The third-order valence-electron chi connectivity index (χ3n) is 13.4. The van der Waals surface area contributed by atoms with Crippen molar-refractivity contribution in [1.29, 1.82) is 0 Å². The second-order valence-electron chi connectivity index (χ2n) is 18.5. The van der Waals surface area contributed by atoms with Gasteiger partial charge in [0.2, 0.25) is 0 Å². The zero-order chi connectivity index (χ0) is 45.3. The molecule has 0 spiro atoms. The Balaban J connectivity index is 1.37. The van der Waals surface area contributed by atoms with Gasteiger partial charge >= 0.3 is 18.2 Å². The van der Waals surface area contributed by atoms with Crippen LogP contribution in [0, 0.1) is 23.7 Å². The number of nitrogens with two attached hydrogens (primary N) is 1. The van der Waals surface area contributed by atoms with Crippen LogP contribution in [-0.4, -0.2) is 132 Å². The van der Waals surface area contributed by atoms with Crippen molar-refractivity contribution in [2.45, 2.75) is 141 Å². The summed E-state index contributed by atoms with van der Waals surface area (Å²) in [6, 6.07) is 4.64. The van der Waals surface area contributed by atoms with Crippen LogP contribution in [0.5, 0.6) is 0 Å². The molecule has 3 unspecified atom stereocenters. The number of fused-ring (bicyclic) bond motifs is 5. The SMILES string of the molecule is C=C1COC2[C@@H](C)C(=O)O[C@H](CC)[C@@]3(C)OC(=O)NC3[C@@H](C)/C(=C/COC(=O)NCc3ccc4nc(N)[nH]c4c3)[C@H](C)C[C@@](C)(OC1)[C@H](OC1O[C@H](C)C[C@H](N(C)C)[C@H]1O)[C@H]2C. The quantitative estimate of drug-likeness (QED) is 0.134. The molecule has 17 heteroatoms. The van der Waals surface area contributed by atoms with Crippen molar-refractivity contribution < 1.29 is 52.6 Å². The van der Waals surface area contributed by atoms with E-state index in [2.05, 4.69) is 34.1 Å². The van der Waals surface area contributed by atoms with Gasteiger partial charge in [-0.2, -0.15) is 0 Å². The largest absolute Gasteiger partial charge is 0.458 e. The first-order valence-electron chi connectivity index (χ1n) is 21.9. The van der Waals surface area contributed by atoms with Crippen LogP contribution < -0.4 is 16.4 Å². The summed E-state index contributed by atoms with van der Waals surface area (Å²) in [7, 11) is 3.83. The number of carbonyl (C=O) groups excluding carboxylic acids is 3. The van der Waals surface area contributed by atoms with Gasteiger partial charge in [0.1, 0.15) is 18.8 Å². The Morgan fingerprint density at radius 2 is 1.89 bits per heavy atom. The van der Waals surface area contributed by atoms with Crippen molar-refractivity contribution >= 4 is 35.1 Å². The molecular weight excluding hydrogens is 801 g/mol. The number of aliphatic hydroxyl groups excluding tert-OH is 1. The van der Waals surface area contributed by atoms with E-state index in [4.69, 9.17) is 38.9 Å². The highest BCUT2D eigenvalue weighted by Crippen LogP contribution is 2.44. The van der Waals surface area contributed by atoms with Crippen LogP contribution in [0.4, 0.5) is 15.5 Å². The number of cyclic esters (lactones) is 1. The van der Waals surface area contributed by atoms with E-state index in [1.54, 1.807) is 13.8 Å². The molecule has 2 aromatic rings. The lowest BCUT2D eigenvalue weighted by Gasteiger charge is -2.49. The van der Waals surface area contributed by atoms with E-state index in [-0.39, 0.29) is 44.4 Å². The molecule has 4 saturated heterocycles. The molecule has 0 radical (unpaired) electrons. The van der Waals surface area contributed by atoms with Crippen molar-refractivity contribution in [2.75, 3.05) is 39.6 Å². The standard InChI is InChI=1S/C45H68N6O11/c1-12-34-45(9)37(50-43(55)62-45)26(5)30(15-16-56-42(54)47-20-29-13-14-31-32(18-29)49-41(46)48-31)24(3)19-44(8)38(61-40-35(52)33(51(10)11)17-25(4)59-40)27(6)36(28(7)39(53)60-34)57-21-23(2)22-58-44/h13-15,18,24-28,33-38,40,52H,2,12,16-17,19-22H2,1,3-11H3,(H,47,54)(H,50,55)(H3,46,48,49)/b30-15+/t24-,25-,26+,27+,28-,33+,34-,35-,36?,37?,38-,40?,44-,45-/m1/s1. The number of likely N-dealkylation sites (N-methyl/N-ethyl adjacent to an activating group) is 1. The smallest absolute Gasteiger partial charge is 0.408 e. The molecule has 2 amide bonds. The maximum atomic E-state index is 14.4. The first-order chi connectivity index (χ1) is 29.2. The van der Waals surface area contributed by atoms with E-state index < -0.39 is 83.9 Å². The number of ether oxygens (including phenoxy) is 7. The number of carbonyl (C=O) groups is 3. The Morgan fingerprint density at radius 3 is 2.60 bits per heavy atom. The molecule has 4 fully saturated rings. The lowest BCUT2D eigenvalue weighted by atomic mass is 9.71. The van der Waals surface area contributed by atoms with Gasteiger partial charge in [-0.05, 0) is 96.3 Å². The normalized spacial score (nSPS) is 38.0. The average Bonchev–Trinajstić information content (AvgIpc) is 3.76. The molecule has 4 aliphatic rings. The minimum absolute atomic E-state index is 0.0968. The number of H-pyrrole nitrogens is 1. The highest BCUT2D eigenvalue weighted by Gasteiger charge is 2.57. The van der Waals surface area contributed by atoms with Crippen molar-refractivity contribution in [3.8, 4) is 0 Å². The van der Waals surface area contributed by atoms with Gasteiger partial charge in [-0.15, -0.1) is 0 Å². The van der Waals surface area contributed by atoms with Crippen LogP contribution in [0.2, 0.25) is 0 Å². The van der Waals surface area contributed by atoms with Crippen LogP contribution in [-0.2, 0) is 44.5 Å². The van der Waals surface area contributed by atoms with E-state index in [9.17, 15) is 19.5 Å². The number of amides is 2. The second kappa shape index (κ2) is 19.2. The molecule has 6 rings (SSSR count). The Morgan fingerprint density at radius 1 is 1.15 bits per heavy atom. The molecule has 14 atom stereocenters. The number of imidazole rings is 1. The van der Waals surface area contributed by atoms with Crippen molar-refractivity contribution in [2.24, 2.45) is 23.7 Å². The average molecular weight is 869 g/mol. The first-order valence-corrected chi connectivity index (χ1v) is 21.9. The summed E-state index contributed by atoms with van der Waals surface area (Å²) in [5, 5.41) is 17.6. The van der Waals surface area contributed by atoms with Crippen LogP contribution in [0.1, 0.15) is 80.2 Å². The second-order valence-corrected chi connectivity index (χ2v) is 18.5. The number of nitrogen functional groups attached to an aromatic ring is 1. The summed E-state index contributed by atoms with van der Waals surface area (Å²) < 4.78 is 44.9. The van der Waals surface area contributed by atoms with Crippen LogP contribution >= 0.6 is 0 Å². The van der Waals surface area contributed by atoms with Gasteiger partial charge in [-0.3, -0.25) is 4.79 Å². The number of hydrogen-bond acceptors (Lipinski definition) is 14. The number of nitrogens with zero attached hydrogens (tertiary/aromatic N) is 2. The molecule has 5 heterocycles. The number of rotatable bonds is 8. The highest BCUT2D eigenvalue weighted by atomic mass is 16.7. The zero-order valence-electron chi connectivity index (χ0n) is 37.9. The van der Waals surface area contributed by atoms with Crippen molar-refractivity contribution in [3.63, 3.8) is 0 Å². The molecule has 1 aromatic carbocycles. The fraction of sp³-hybridized carbons (Fsp3) is 0.689. The van der Waals surface area contributed by atoms with Crippen molar-refractivity contribution in [3.05, 3.63) is 47.6 Å². The highest BCUT2D eigenvalue weighted by molar-refractivity contribution is 5.78. The third-order valence-corrected chi connectivity index (χ3v) is 13.4. The van der Waals surface area contributed by atoms with Crippen LogP contribution in [0.3, 0.4) is 0 Å². The summed E-state index contributed by atoms with van der Waals surface area (Å²) in [4.78, 5) is 49.9. The predicted octanol–water partition coefficient (Wildman–Crippen LogP) is 4.98. The summed E-state index contributed by atoms with van der Waals surface area (Å²) in [5.74, 6) is -2.27. The molecule has 62 heavy (non-hydrogen) atoms. The van der Waals surface area contributed by atoms with Gasteiger partial charge < -0.3 is 64.5 Å². The van der Waals surface area contributed by atoms with E-state index in [1.165, 1.54) is 0 Å². The van der Waals surface area contributed by atoms with Crippen LogP contribution in [0.25, 0.3) is 11.0 Å². The van der Waals surface area contributed by atoms with Gasteiger partial charge in [0.15, 0.2) is 17.8 Å². The van der Waals surface area contributed by atoms with Gasteiger partial charge in [-0.25, -0.2) is 14.6 Å². The molecule has 1 aromatic heterocycles. The summed E-state index contributed by atoms with van der Waals surface area (Å²) in [6.45, 7) is 20.0. The topological polar surface area (TPSA) is 218 Å². The number of alkyl carbamates (subject to hydrolysis) is 2. The number of aliphatic hydroxyl groups is 1. The minimum atomic E-state index is -1.27. The Kier molecular flexibility index (Phi) is 14.6. The van der Waals surface area contributed by atoms with Gasteiger partial charge in [0.25, 0.3) is 0 Å². The summed E-state index contributed by atoms with van der Waals surface area (Å²) >= 11 is 0. The fourth-order valence-corrected chi connectivity index (χ4v) is 10.1. The Labute approximate surface area is 364 Å². The Bertz CT molecular complexity index is 1970. The van der Waals surface area contributed by atoms with E-state index in [1.807, 2.05) is 77.9 Å². The Hall–Kier alpha value is -4.26.